The highest BCUT2D eigenvalue weighted by molar-refractivity contribution is 7.16. The minimum absolute atomic E-state index is 0. The van der Waals surface area contributed by atoms with Gasteiger partial charge in [0.05, 0.1) is 22.5 Å². The summed E-state index contributed by atoms with van der Waals surface area (Å²) in [6.45, 7) is 4.52. The third-order valence-corrected chi connectivity index (χ3v) is 6.13. The van der Waals surface area contributed by atoms with Gasteiger partial charge in [0.25, 0.3) is 0 Å². The number of rotatable bonds is 5. The van der Waals surface area contributed by atoms with Crippen molar-refractivity contribution in [2.45, 2.75) is 44.7 Å². The highest BCUT2D eigenvalue weighted by Gasteiger charge is 2.29. The van der Waals surface area contributed by atoms with Crippen LogP contribution in [0.5, 0.6) is 0 Å². The first-order valence-corrected chi connectivity index (χ1v) is 10.0. The molecule has 7 heteroatoms. The highest BCUT2D eigenvalue weighted by Crippen LogP contribution is 2.31. The van der Waals surface area contributed by atoms with Crippen LogP contribution >= 0.6 is 35.3 Å². The van der Waals surface area contributed by atoms with E-state index >= 15 is 0 Å². The van der Waals surface area contributed by atoms with Crippen LogP contribution in [0.3, 0.4) is 0 Å². The first-order chi connectivity index (χ1) is 12.1. The molecule has 0 radical (unpaired) electrons. The standard InChI is InChI=1S/C19H24ClN3OS.ClH/c1-14(17-7-8-18(20)25-17)19(24)23(13-15-5-2-3-11-22-15)16-6-4-10-21-12-9-16;/h2-3,5,7-8,11,14,16,21H,4,6,9-10,12-13H2,1H3;1H. The van der Waals surface area contributed by atoms with Crippen LogP contribution in [-0.2, 0) is 11.3 Å². The fourth-order valence-electron chi connectivity index (χ4n) is 3.30. The van der Waals surface area contributed by atoms with Crippen molar-refractivity contribution < 1.29 is 4.79 Å². The summed E-state index contributed by atoms with van der Waals surface area (Å²) in [7, 11) is 0. The maximum atomic E-state index is 13.3. The summed E-state index contributed by atoms with van der Waals surface area (Å²) in [5.41, 5.74) is 0.935. The smallest absolute Gasteiger partial charge is 0.231 e. The first kappa shape index (κ1) is 21.2. The topological polar surface area (TPSA) is 45.2 Å². The molecule has 0 saturated carbocycles. The average molecular weight is 414 g/mol. The Kier molecular flexibility index (Phi) is 8.35. The van der Waals surface area contributed by atoms with E-state index in [1.165, 1.54) is 11.3 Å². The molecular formula is C19H25Cl2N3OS. The lowest BCUT2D eigenvalue weighted by atomic mass is 10.0. The second kappa shape index (κ2) is 10.3. The molecule has 1 saturated heterocycles. The quantitative estimate of drug-likeness (QED) is 0.784. The van der Waals surface area contributed by atoms with Gasteiger partial charge in [-0.2, -0.15) is 0 Å². The van der Waals surface area contributed by atoms with E-state index in [0.29, 0.717) is 6.54 Å². The van der Waals surface area contributed by atoms with Crippen LogP contribution in [0.4, 0.5) is 0 Å². The maximum absolute atomic E-state index is 13.3. The van der Waals surface area contributed by atoms with Gasteiger partial charge >= 0.3 is 0 Å². The summed E-state index contributed by atoms with van der Waals surface area (Å²) >= 11 is 7.55. The molecule has 1 fully saturated rings. The predicted molar refractivity (Wildman–Crippen MR) is 110 cm³/mol. The van der Waals surface area contributed by atoms with Crippen molar-refractivity contribution in [2.24, 2.45) is 0 Å². The van der Waals surface area contributed by atoms with Gasteiger partial charge in [-0.3, -0.25) is 9.78 Å². The number of hydrogen-bond donors (Lipinski definition) is 1. The molecule has 3 rings (SSSR count). The van der Waals surface area contributed by atoms with Crippen molar-refractivity contribution in [1.82, 2.24) is 15.2 Å². The van der Waals surface area contributed by atoms with Crippen LogP contribution in [0.25, 0.3) is 0 Å². The number of nitrogens with one attached hydrogen (secondary N) is 1. The van der Waals surface area contributed by atoms with E-state index in [1.54, 1.807) is 6.20 Å². The maximum Gasteiger partial charge on any atom is 0.231 e. The van der Waals surface area contributed by atoms with Gasteiger partial charge in [0.15, 0.2) is 0 Å². The summed E-state index contributed by atoms with van der Waals surface area (Å²) in [5, 5.41) is 3.43. The van der Waals surface area contributed by atoms with Crippen LogP contribution in [0, 0.1) is 0 Å². The second-order valence-electron chi connectivity index (χ2n) is 6.49. The Morgan fingerprint density at radius 3 is 2.88 bits per heavy atom. The molecule has 1 aliphatic rings. The van der Waals surface area contributed by atoms with Crippen molar-refractivity contribution in [3.63, 3.8) is 0 Å². The lowest BCUT2D eigenvalue weighted by Gasteiger charge is -2.33. The normalized spacial score (nSPS) is 18.5. The monoisotopic (exact) mass is 413 g/mol. The molecule has 0 spiro atoms. The molecule has 1 aliphatic heterocycles. The van der Waals surface area contributed by atoms with E-state index in [0.717, 1.165) is 47.3 Å². The van der Waals surface area contributed by atoms with Crippen molar-refractivity contribution in [2.75, 3.05) is 13.1 Å². The summed E-state index contributed by atoms with van der Waals surface area (Å²) in [6.07, 6.45) is 4.89. The van der Waals surface area contributed by atoms with E-state index < -0.39 is 0 Å². The Labute approximate surface area is 170 Å². The van der Waals surface area contributed by atoms with Crippen molar-refractivity contribution in [1.29, 1.82) is 0 Å². The minimum Gasteiger partial charge on any atom is -0.333 e. The molecule has 2 unspecified atom stereocenters. The van der Waals surface area contributed by atoms with Crippen LogP contribution in [0.1, 0.15) is 42.7 Å². The fourth-order valence-corrected chi connectivity index (χ4v) is 4.40. The van der Waals surface area contributed by atoms with Gasteiger partial charge in [0, 0.05) is 17.1 Å². The molecule has 142 valence electrons. The Morgan fingerprint density at radius 1 is 1.35 bits per heavy atom. The Balaban J connectivity index is 0.00000243. The van der Waals surface area contributed by atoms with E-state index in [9.17, 15) is 4.79 Å². The molecule has 3 heterocycles. The van der Waals surface area contributed by atoms with E-state index in [2.05, 4.69) is 10.3 Å². The molecule has 26 heavy (non-hydrogen) atoms. The number of pyridine rings is 1. The number of aromatic nitrogens is 1. The molecule has 0 bridgehead atoms. The number of thiophene rings is 1. The van der Waals surface area contributed by atoms with E-state index in [-0.39, 0.29) is 30.3 Å². The second-order valence-corrected chi connectivity index (χ2v) is 8.23. The molecule has 1 amide bonds. The van der Waals surface area contributed by atoms with Crippen LogP contribution < -0.4 is 5.32 Å². The lowest BCUT2D eigenvalue weighted by molar-refractivity contribution is -0.135. The van der Waals surface area contributed by atoms with Gasteiger partial charge in [0.1, 0.15) is 0 Å². The van der Waals surface area contributed by atoms with Crippen LogP contribution in [0.15, 0.2) is 36.5 Å². The Bertz CT molecular complexity index is 687. The molecule has 4 nitrogen and oxygen atoms in total. The lowest BCUT2D eigenvalue weighted by Crippen LogP contribution is -2.42. The summed E-state index contributed by atoms with van der Waals surface area (Å²) in [4.78, 5) is 20.8. The summed E-state index contributed by atoms with van der Waals surface area (Å²) < 4.78 is 0.726. The zero-order chi connectivity index (χ0) is 17.6. The average Bonchev–Trinajstić information content (AvgIpc) is 2.90. The Hall–Kier alpha value is -1.14. The number of nitrogens with zero attached hydrogens (tertiary/aromatic N) is 2. The molecule has 1 N–H and O–H groups in total. The number of hydrogen-bond acceptors (Lipinski definition) is 4. The Morgan fingerprint density at radius 2 is 2.19 bits per heavy atom. The van der Waals surface area contributed by atoms with Gasteiger partial charge in [-0.05, 0) is 63.5 Å². The minimum atomic E-state index is -0.183. The predicted octanol–water partition coefficient (Wildman–Crippen LogP) is 4.49. The summed E-state index contributed by atoms with van der Waals surface area (Å²) in [6, 6.07) is 9.95. The zero-order valence-electron chi connectivity index (χ0n) is 14.9. The fraction of sp³-hybridized carbons (Fsp3) is 0.474. The van der Waals surface area contributed by atoms with Crippen LogP contribution in [0.2, 0.25) is 4.34 Å². The first-order valence-electron chi connectivity index (χ1n) is 8.81. The number of amides is 1. The third-order valence-electron chi connectivity index (χ3n) is 4.72. The molecule has 0 aromatic carbocycles. The number of carbonyl (C=O) groups excluding carboxylic acids is 1. The van der Waals surface area contributed by atoms with Gasteiger partial charge in [-0.25, -0.2) is 0 Å². The highest BCUT2D eigenvalue weighted by atomic mass is 35.5. The molecule has 2 atom stereocenters. The molecular weight excluding hydrogens is 389 g/mol. The molecule has 2 aromatic heterocycles. The number of carbonyl (C=O) groups is 1. The number of halogens is 2. The van der Waals surface area contributed by atoms with Crippen molar-refractivity contribution in [3.8, 4) is 0 Å². The van der Waals surface area contributed by atoms with Crippen LogP contribution in [-0.4, -0.2) is 34.9 Å². The van der Waals surface area contributed by atoms with E-state index in [4.69, 9.17) is 11.6 Å². The molecule has 2 aromatic rings. The van der Waals surface area contributed by atoms with Crippen molar-refractivity contribution in [3.05, 3.63) is 51.4 Å². The summed E-state index contributed by atoms with van der Waals surface area (Å²) in [5.74, 6) is -0.0199. The van der Waals surface area contributed by atoms with Gasteiger partial charge < -0.3 is 10.2 Å². The largest absolute Gasteiger partial charge is 0.333 e. The van der Waals surface area contributed by atoms with E-state index in [1.807, 2.05) is 42.2 Å². The third kappa shape index (κ3) is 5.43. The SMILES string of the molecule is CC(C(=O)N(Cc1ccccn1)C1CCCNCC1)c1ccc(Cl)s1.Cl. The van der Waals surface area contributed by atoms with Crippen molar-refractivity contribution >= 4 is 41.3 Å². The molecule has 0 aliphatic carbocycles. The van der Waals surface area contributed by atoms with Gasteiger partial charge in [-0.1, -0.05) is 17.7 Å². The van der Waals surface area contributed by atoms with Gasteiger partial charge in [-0.15, -0.1) is 23.7 Å². The van der Waals surface area contributed by atoms with Gasteiger partial charge in [0.2, 0.25) is 5.91 Å². The zero-order valence-corrected chi connectivity index (χ0v) is 17.2.